The van der Waals surface area contributed by atoms with Crippen molar-refractivity contribution in [3.05, 3.63) is 70.2 Å². The van der Waals surface area contributed by atoms with Gasteiger partial charge in [0.1, 0.15) is 17.4 Å². The summed E-state index contributed by atoms with van der Waals surface area (Å²) >= 11 is 5.88. The Morgan fingerprint density at radius 2 is 1.72 bits per heavy atom. The van der Waals surface area contributed by atoms with E-state index in [1.807, 2.05) is 24.3 Å². The number of rotatable bonds is 4. The van der Waals surface area contributed by atoms with E-state index in [1.165, 1.54) is 4.90 Å². The number of fused-ring (bicyclic) bond motifs is 1. The topological polar surface area (TPSA) is 96.3 Å². The van der Waals surface area contributed by atoms with Crippen LogP contribution in [0.3, 0.4) is 0 Å². The SMILES string of the molecule is CC(C)(C)OC(=O)N1Cc2ccccc2C[C@@H]1C(=O)N=C(Cc1ccc(Cl)cc1)C(=O)O. The zero-order chi connectivity index (χ0) is 23.5. The number of ether oxygens (including phenoxy) is 1. The molecule has 2 amide bonds. The summed E-state index contributed by atoms with van der Waals surface area (Å²) in [6.45, 7) is 5.40. The summed E-state index contributed by atoms with van der Waals surface area (Å²) in [5.41, 5.74) is 1.43. The lowest BCUT2D eigenvalue weighted by molar-refractivity contribution is -0.130. The van der Waals surface area contributed by atoms with Crippen molar-refractivity contribution in [2.24, 2.45) is 4.99 Å². The Kier molecular flexibility index (Phi) is 6.99. The fourth-order valence-electron chi connectivity index (χ4n) is 3.42. The average Bonchev–Trinajstić information content (AvgIpc) is 2.72. The zero-order valence-electron chi connectivity index (χ0n) is 18.2. The molecule has 32 heavy (non-hydrogen) atoms. The highest BCUT2D eigenvalue weighted by atomic mass is 35.5. The van der Waals surface area contributed by atoms with Crippen LogP contribution in [-0.4, -0.2) is 45.3 Å². The molecule has 0 bridgehead atoms. The molecule has 7 nitrogen and oxygen atoms in total. The van der Waals surface area contributed by atoms with Crippen molar-refractivity contribution in [2.45, 2.75) is 51.8 Å². The molecule has 0 unspecified atom stereocenters. The number of hydrogen-bond donors (Lipinski definition) is 1. The van der Waals surface area contributed by atoms with Gasteiger partial charge in [0.05, 0.1) is 6.54 Å². The van der Waals surface area contributed by atoms with E-state index in [0.29, 0.717) is 10.6 Å². The molecule has 1 atom stereocenters. The quantitative estimate of drug-likeness (QED) is 0.692. The van der Waals surface area contributed by atoms with E-state index in [4.69, 9.17) is 16.3 Å². The average molecular weight is 457 g/mol. The number of aliphatic carboxylic acids is 1. The summed E-state index contributed by atoms with van der Waals surface area (Å²) in [5, 5.41) is 10.1. The summed E-state index contributed by atoms with van der Waals surface area (Å²) < 4.78 is 5.49. The number of amides is 2. The molecule has 1 heterocycles. The summed E-state index contributed by atoms with van der Waals surface area (Å²) in [4.78, 5) is 43.0. The van der Waals surface area contributed by atoms with Crippen molar-refractivity contribution >= 4 is 35.3 Å². The molecule has 0 saturated carbocycles. The highest BCUT2D eigenvalue weighted by Crippen LogP contribution is 2.26. The summed E-state index contributed by atoms with van der Waals surface area (Å²) in [7, 11) is 0. The van der Waals surface area contributed by atoms with Gasteiger partial charge >= 0.3 is 12.1 Å². The van der Waals surface area contributed by atoms with E-state index in [1.54, 1.807) is 45.0 Å². The normalized spacial score (nSPS) is 16.3. The van der Waals surface area contributed by atoms with Crippen LogP contribution in [0.2, 0.25) is 5.02 Å². The van der Waals surface area contributed by atoms with E-state index in [0.717, 1.165) is 11.1 Å². The Morgan fingerprint density at radius 1 is 1.09 bits per heavy atom. The second-order valence-corrected chi connectivity index (χ2v) is 9.04. The van der Waals surface area contributed by atoms with Crippen LogP contribution in [0.5, 0.6) is 0 Å². The summed E-state index contributed by atoms with van der Waals surface area (Å²) in [6.07, 6.45) is -0.463. The van der Waals surface area contributed by atoms with Crippen molar-refractivity contribution in [3.8, 4) is 0 Å². The summed E-state index contributed by atoms with van der Waals surface area (Å²) in [5.74, 6) is -2.00. The first-order chi connectivity index (χ1) is 15.0. The number of aliphatic imine (C=N–C) groups is 1. The van der Waals surface area contributed by atoms with Gasteiger partial charge in [0.15, 0.2) is 0 Å². The highest BCUT2D eigenvalue weighted by Gasteiger charge is 2.37. The number of carbonyl (C=O) groups excluding carboxylic acids is 2. The molecule has 1 aliphatic heterocycles. The van der Waals surface area contributed by atoms with Gasteiger partial charge in [-0.2, -0.15) is 0 Å². The van der Waals surface area contributed by atoms with Crippen LogP contribution in [0.15, 0.2) is 53.5 Å². The molecule has 1 N–H and O–H groups in total. The Bertz CT molecular complexity index is 1060. The van der Waals surface area contributed by atoms with Crippen LogP contribution in [-0.2, 0) is 33.7 Å². The van der Waals surface area contributed by atoms with Crippen molar-refractivity contribution in [3.63, 3.8) is 0 Å². The predicted octanol–water partition coefficient (Wildman–Crippen LogP) is 4.30. The van der Waals surface area contributed by atoms with E-state index in [2.05, 4.69) is 4.99 Å². The highest BCUT2D eigenvalue weighted by molar-refractivity contribution is 6.38. The fraction of sp³-hybridized carbons (Fsp3) is 0.333. The van der Waals surface area contributed by atoms with Gasteiger partial charge in [-0.3, -0.25) is 9.69 Å². The largest absolute Gasteiger partial charge is 0.477 e. The first-order valence-corrected chi connectivity index (χ1v) is 10.6. The van der Waals surface area contributed by atoms with Crippen molar-refractivity contribution in [1.29, 1.82) is 0 Å². The molecule has 0 aromatic heterocycles. The minimum atomic E-state index is -1.30. The zero-order valence-corrected chi connectivity index (χ0v) is 18.9. The molecule has 1 aliphatic rings. The Labute approximate surface area is 191 Å². The van der Waals surface area contributed by atoms with Gasteiger partial charge in [-0.15, -0.1) is 0 Å². The molecule has 0 saturated heterocycles. The Balaban J connectivity index is 1.91. The Morgan fingerprint density at radius 3 is 2.31 bits per heavy atom. The number of carboxylic acid groups (broad SMARTS) is 1. The first-order valence-electron chi connectivity index (χ1n) is 10.2. The van der Waals surface area contributed by atoms with Gasteiger partial charge in [0.2, 0.25) is 0 Å². The maximum atomic E-state index is 13.1. The van der Waals surface area contributed by atoms with Crippen molar-refractivity contribution in [2.75, 3.05) is 0 Å². The number of nitrogens with zero attached hydrogens (tertiary/aromatic N) is 2. The third-order valence-corrected chi connectivity index (χ3v) is 5.19. The minimum absolute atomic E-state index is 0.0476. The molecular formula is C24H25ClN2O5. The van der Waals surface area contributed by atoms with Gasteiger partial charge in [0, 0.05) is 17.9 Å². The Hall–Kier alpha value is -3.19. The van der Waals surface area contributed by atoms with Crippen LogP contribution in [0.4, 0.5) is 4.79 Å². The van der Waals surface area contributed by atoms with E-state index < -0.39 is 29.6 Å². The van der Waals surface area contributed by atoms with E-state index in [-0.39, 0.29) is 25.1 Å². The molecule has 3 rings (SSSR count). The van der Waals surface area contributed by atoms with Crippen LogP contribution in [0.25, 0.3) is 0 Å². The van der Waals surface area contributed by atoms with Gasteiger partial charge in [-0.25, -0.2) is 14.6 Å². The monoisotopic (exact) mass is 456 g/mol. The van der Waals surface area contributed by atoms with Crippen LogP contribution in [0, 0.1) is 0 Å². The number of carbonyl (C=O) groups is 3. The van der Waals surface area contributed by atoms with Crippen LogP contribution < -0.4 is 0 Å². The maximum absolute atomic E-state index is 13.1. The number of halogens is 1. The molecule has 0 spiro atoms. The molecule has 0 fully saturated rings. The predicted molar refractivity (Wildman–Crippen MR) is 121 cm³/mol. The second kappa shape index (κ2) is 9.53. The standard InChI is InChI=1S/C24H25ClN2O5/c1-24(2,3)32-23(31)27-14-17-7-5-4-6-16(17)13-20(27)21(28)26-19(22(29)30)12-15-8-10-18(25)11-9-15/h4-11,20H,12-14H2,1-3H3,(H,29,30)/t20-/m1/s1. The maximum Gasteiger partial charge on any atom is 0.411 e. The molecule has 8 heteroatoms. The number of hydrogen-bond acceptors (Lipinski definition) is 4. The number of carboxylic acids is 1. The van der Waals surface area contributed by atoms with E-state index in [9.17, 15) is 19.5 Å². The molecule has 2 aromatic carbocycles. The van der Waals surface area contributed by atoms with Crippen molar-refractivity contribution < 1.29 is 24.2 Å². The lowest BCUT2D eigenvalue weighted by Gasteiger charge is -2.36. The van der Waals surface area contributed by atoms with Gasteiger partial charge in [-0.05, 0) is 49.6 Å². The molecule has 0 aliphatic carbocycles. The first kappa shape index (κ1) is 23.5. The molecule has 2 aromatic rings. The molecule has 168 valence electrons. The third kappa shape index (κ3) is 5.95. The molecule has 0 radical (unpaired) electrons. The van der Waals surface area contributed by atoms with Crippen LogP contribution in [0.1, 0.15) is 37.5 Å². The van der Waals surface area contributed by atoms with Gasteiger partial charge in [0.25, 0.3) is 5.91 Å². The van der Waals surface area contributed by atoms with Crippen molar-refractivity contribution in [1.82, 2.24) is 4.90 Å². The number of benzene rings is 2. The second-order valence-electron chi connectivity index (χ2n) is 8.60. The molecular weight excluding hydrogens is 432 g/mol. The fourth-order valence-corrected chi connectivity index (χ4v) is 3.55. The van der Waals surface area contributed by atoms with E-state index >= 15 is 0 Å². The minimum Gasteiger partial charge on any atom is -0.477 e. The lowest BCUT2D eigenvalue weighted by atomic mass is 9.94. The van der Waals surface area contributed by atoms with Crippen LogP contribution >= 0.6 is 11.6 Å². The lowest BCUT2D eigenvalue weighted by Crippen LogP contribution is -2.50. The smallest absolute Gasteiger partial charge is 0.411 e. The summed E-state index contributed by atoms with van der Waals surface area (Å²) in [6, 6.07) is 13.2. The van der Waals surface area contributed by atoms with Gasteiger partial charge < -0.3 is 9.84 Å². The van der Waals surface area contributed by atoms with Gasteiger partial charge in [-0.1, -0.05) is 48.0 Å². The third-order valence-electron chi connectivity index (χ3n) is 4.94.